The predicted molar refractivity (Wildman–Crippen MR) is 163 cm³/mol. The summed E-state index contributed by atoms with van der Waals surface area (Å²) in [4.78, 5) is 0. The first-order valence-electron chi connectivity index (χ1n) is 13.0. The van der Waals surface area contributed by atoms with Crippen LogP contribution in [0.5, 0.6) is 0 Å². The lowest BCUT2D eigenvalue weighted by Crippen LogP contribution is -2.08. The van der Waals surface area contributed by atoms with Crippen molar-refractivity contribution in [3.63, 3.8) is 0 Å². The molecule has 0 N–H and O–H groups in total. The van der Waals surface area contributed by atoms with Gasteiger partial charge in [0.15, 0.2) is 0 Å². The normalized spacial score (nSPS) is 15.5. The summed E-state index contributed by atoms with van der Waals surface area (Å²) in [5, 5.41) is 13.5. The second-order valence-corrected chi connectivity index (χ2v) is 12.9. The third-order valence-electron chi connectivity index (χ3n) is 7.87. The van der Waals surface area contributed by atoms with E-state index >= 15 is 0 Å². The Labute approximate surface area is 228 Å². The Kier molecular flexibility index (Phi) is 5.38. The number of nitriles is 1. The van der Waals surface area contributed by atoms with Crippen molar-refractivity contribution in [2.75, 3.05) is 6.66 Å². The number of benzene rings is 6. The maximum Gasteiger partial charge on any atom is 0.141 e. The molecule has 0 aromatic heterocycles. The first-order chi connectivity index (χ1) is 19.1. The van der Waals surface area contributed by atoms with Gasteiger partial charge in [-0.15, -0.1) is 0 Å². The highest BCUT2D eigenvalue weighted by molar-refractivity contribution is 7.79. The highest BCUT2D eigenvalue weighted by Gasteiger charge is 2.36. The third-order valence-corrected chi connectivity index (χ3v) is 10.5. The SMILES string of the molecule is CP1(=O)c2ccccc2-c2c(-c3ccc(-c4ccc(-c5cccc(C#N)c5)cc4)c4ccccc34)cccc21. The minimum atomic E-state index is -2.64. The Morgan fingerprint density at radius 1 is 0.538 bits per heavy atom. The van der Waals surface area contributed by atoms with E-state index in [1.165, 1.54) is 16.3 Å². The van der Waals surface area contributed by atoms with Gasteiger partial charge in [-0.05, 0) is 68.5 Å². The van der Waals surface area contributed by atoms with E-state index in [1.807, 2.05) is 61.3 Å². The smallest absolute Gasteiger partial charge is 0.141 e. The van der Waals surface area contributed by atoms with E-state index in [0.29, 0.717) is 5.56 Å². The van der Waals surface area contributed by atoms with Crippen LogP contribution < -0.4 is 10.6 Å². The van der Waals surface area contributed by atoms with E-state index < -0.39 is 7.14 Å². The van der Waals surface area contributed by atoms with Crippen molar-refractivity contribution >= 4 is 28.5 Å². The maximum atomic E-state index is 13.9. The summed E-state index contributed by atoms with van der Waals surface area (Å²) in [5.41, 5.74) is 9.53. The lowest BCUT2D eigenvalue weighted by Gasteiger charge is -2.16. The van der Waals surface area contributed by atoms with Crippen molar-refractivity contribution in [3.05, 3.63) is 133 Å². The molecule has 0 aliphatic carbocycles. The first-order valence-corrected chi connectivity index (χ1v) is 15.2. The average molecular weight is 518 g/mol. The molecular weight excluding hydrogens is 493 g/mol. The summed E-state index contributed by atoms with van der Waals surface area (Å²) in [7, 11) is -2.64. The van der Waals surface area contributed by atoms with Crippen LogP contribution in [0.15, 0.2) is 127 Å². The van der Waals surface area contributed by atoms with Crippen LogP contribution in [0.2, 0.25) is 0 Å². The Morgan fingerprint density at radius 3 is 1.95 bits per heavy atom. The minimum absolute atomic E-state index is 0.660. The summed E-state index contributed by atoms with van der Waals surface area (Å²) < 4.78 is 13.9. The Bertz CT molecular complexity index is 2010. The van der Waals surface area contributed by atoms with Gasteiger partial charge < -0.3 is 4.57 Å². The molecule has 0 saturated heterocycles. The molecule has 2 nitrogen and oxygen atoms in total. The van der Waals surface area contributed by atoms with E-state index in [9.17, 15) is 9.83 Å². The predicted octanol–water partition coefficient (Wildman–Crippen LogP) is 8.64. The minimum Gasteiger partial charge on any atom is -0.314 e. The molecule has 7 rings (SSSR count). The molecule has 6 aromatic rings. The number of hydrogen-bond donors (Lipinski definition) is 0. The molecule has 0 spiro atoms. The van der Waals surface area contributed by atoms with Crippen LogP contribution >= 0.6 is 7.14 Å². The Hall–Kier alpha value is -4.70. The van der Waals surface area contributed by atoms with E-state index in [1.54, 1.807) is 0 Å². The van der Waals surface area contributed by atoms with Crippen molar-refractivity contribution in [1.29, 1.82) is 5.26 Å². The summed E-state index contributed by atoms with van der Waals surface area (Å²) in [6.45, 7) is 1.89. The van der Waals surface area contributed by atoms with E-state index in [0.717, 1.165) is 49.6 Å². The zero-order valence-electron chi connectivity index (χ0n) is 21.4. The number of hydrogen-bond acceptors (Lipinski definition) is 2. The standard InChI is InChI=1S/C36H24NOP/c1-39(38)34-14-5-4-12-33(34)36-32(13-7-15-35(36)39)31-21-20-28(29-10-2-3-11-30(29)31)26-18-16-25(17-19-26)27-9-6-8-24(22-27)23-37/h2-22H,1H3. The molecule has 184 valence electrons. The topological polar surface area (TPSA) is 40.9 Å². The van der Waals surface area contributed by atoms with Gasteiger partial charge in [0.05, 0.1) is 11.6 Å². The summed E-state index contributed by atoms with van der Waals surface area (Å²) in [5.74, 6) is 0. The van der Waals surface area contributed by atoms with Crippen LogP contribution in [0, 0.1) is 11.3 Å². The highest BCUT2D eigenvalue weighted by atomic mass is 31.2. The summed E-state index contributed by atoms with van der Waals surface area (Å²) >= 11 is 0. The fourth-order valence-electron chi connectivity index (χ4n) is 5.99. The zero-order valence-corrected chi connectivity index (χ0v) is 22.3. The summed E-state index contributed by atoms with van der Waals surface area (Å²) in [6.07, 6.45) is 0. The van der Waals surface area contributed by atoms with Gasteiger partial charge >= 0.3 is 0 Å². The number of nitrogens with zero attached hydrogens (tertiary/aromatic N) is 1. The molecule has 0 saturated carbocycles. The molecule has 0 bridgehead atoms. The van der Waals surface area contributed by atoms with E-state index in [-0.39, 0.29) is 0 Å². The van der Waals surface area contributed by atoms with Crippen molar-refractivity contribution in [2.45, 2.75) is 0 Å². The van der Waals surface area contributed by atoms with Crippen LogP contribution in [-0.2, 0) is 4.57 Å². The van der Waals surface area contributed by atoms with Gasteiger partial charge in [-0.3, -0.25) is 0 Å². The third kappa shape index (κ3) is 3.67. The fraction of sp³-hybridized carbons (Fsp3) is 0.0278. The van der Waals surface area contributed by atoms with Gasteiger partial charge in [0, 0.05) is 16.2 Å². The molecule has 1 aliphatic heterocycles. The lowest BCUT2D eigenvalue weighted by atomic mass is 9.88. The van der Waals surface area contributed by atoms with Crippen molar-refractivity contribution in [3.8, 4) is 50.6 Å². The molecule has 1 unspecified atom stereocenters. The Morgan fingerprint density at radius 2 is 1.15 bits per heavy atom. The monoisotopic (exact) mass is 517 g/mol. The van der Waals surface area contributed by atoms with Crippen LogP contribution in [0.1, 0.15) is 5.56 Å². The second-order valence-electron chi connectivity index (χ2n) is 10.1. The van der Waals surface area contributed by atoms with Gasteiger partial charge in [-0.1, -0.05) is 115 Å². The van der Waals surface area contributed by atoms with Crippen molar-refractivity contribution in [2.24, 2.45) is 0 Å². The molecule has 1 aliphatic rings. The molecule has 0 amide bonds. The molecule has 39 heavy (non-hydrogen) atoms. The van der Waals surface area contributed by atoms with Crippen LogP contribution in [-0.4, -0.2) is 6.66 Å². The van der Waals surface area contributed by atoms with E-state index in [2.05, 4.69) is 78.9 Å². The summed E-state index contributed by atoms with van der Waals surface area (Å²) in [6, 6.07) is 45.8. The fourth-order valence-corrected chi connectivity index (χ4v) is 8.30. The first kappa shape index (κ1) is 23.4. The van der Waals surface area contributed by atoms with Gasteiger partial charge in [-0.2, -0.15) is 5.26 Å². The average Bonchev–Trinajstić information content (AvgIpc) is 3.23. The molecule has 3 heteroatoms. The molecule has 0 radical (unpaired) electrons. The highest BCUT2D eigenvalue weighted by Crippen LogP contribution is 2.53. The van der Waals surface area contributed by atoms with E-state index in [4.69, 9.17) is 0 Å². The molecule has 1 heterocycles. The molecule has 0 fully saturated rings. The van der Waals surface area contributed by atoms with Gasteiger partial charge in [0.2, 0.25) is 0 Å². The van der Waals surface area contributed by atoms with Crippen LogP contribution in [0.4, 0.5) is 0 Å². The van der Waals surface area contributed by atoms with Gasteiger partial charge in [0.1, 0.15) is 7.14 Å². The van der Waals surface area contributed by atoms with Gasteiger partial charge in [-0.25, -0.2) is 0 Å². The van der Waals surface area contributed by atoms with Crippen LogP contribution in [0.25, 0.3) is 55.3 Å². The van der Waals surface area contributed by atoms with Crippen molar-refractivity contribution in [1.82, 2.24) is 0 Å². The van der Waals surface area contributed by atoms with Crippen LogP contribution in [0.3, 0.4) is 0 Å². The van der Waals surface area contributed by atoms with Gasteiger partial charge in [0.25, 0.3) is 0 Å². The Balaban J connectivity index is 1.38. The number of fused-ring (bicyclic) bond motifs is 4. The molecule has 6 aromatic carbocycles. The largest absolute Gasteiger partial charge is 0.314 e. The quantitative estimate of drug-likeness (QED) is 0.221. The lowest BCUT2D eigenvalue weighted by molar-refractivity contribution is 0.591. The zero-order chi connectivity index (χ0) is 26.6. The molecule has 1 atom stereocenters. The van der Waals surface area contributed by atoms with Crippen molar-refractivity contribution < 1.29 is 4.57 Å². The number of rotatable bonds is 3. The maximum absolute atomic E-state index is 13.9. The second kappa shape index (κ2) is 8.95. The molecular formula is C36H24NOP.